The van der Waals surface area contributed by atoms with Crippen molar-refractivity contribution < 1.29 is 9.53 Å². The lowest BCUT2D eigenvalue weighted by Crippen LogP contribution is -2.07. The fraction of sp³-hybridized carbons (Fsp3) is 0.176. The molecule has 1 aromatic heterocycles. The SMILES string of the molecule is CC(=O)Nc1cccc(-n2nnnc2SCCOc2ccccc2Cl)c1. The molecule has 0 spiro atoms. The first-order valence-corrected chi connectivity index (χ1v) is 9.16. The molecule has 0 aliphatic rings. The Kier molecular flexibility index (Phi) is 6.08. The molecule has 0 atom stereocenters. The van der Waals surface area contributed by atoms with Gasteiger partial charge in [0, 0.05) is 18.4 Å². The summed E-state index contributed by atoms with van der Waals surface area (Å²) < 4.78 is 7.28. The lowest BCUT2D eigenvalue weighted by Gasteiger charge is -2.08. The average molecular weight is 390 g/mol. The third-order valence-corrected chi connectivity index (χ3v) is 4.46. The quantitative estimate of drug-likeness (QED) is 0.492. The zero-order chi connectivity index (χ0) is 18.4. The number of aromatic nitrogens is 4. The number of para-hydroxylation sites is 1. The van der Waals surface area contributed by atoms with Crippen molar-refractivity contribution in [2.45, 2.75) is 12.1 Å². The van der Waals surface area contributed by atoms with Crippen molar-refractivity contribution in [2.75, 3.05) is 17.7 Å². The third-order valence-electron chi connectivity index (χ3n) is 3.26. The van der Waals surface area contributed by atoms with E-state index in [0.29, 0.717) is 34.0 Å². The molecule has 0 aliphatic carbocycles. The summed E-state index contributed by atoms with van der Waals surface area (Å²) in [5.74, 6) is 1.17. The Bertz CT molecular complexity index is 902. The lowest BCUT2D eigenvalue weighted by atomic mass is 10.3. The summed E-state index contributed by atoms with van der Waals surface area (Å²) in [6.45, 7) is 1.93. The van der Waals surface area contributed by atoms with Crippen molar-refractivity contribution in [3.05, 3.63) is 53.6 Å². The van der Waals surface area contributed by atoms with Gasteiger partial charge in [0.05, 0.1) is 17.3 Å². The van der Waals surface area contributed by atoms with E-state index in [1.807, 2.05) is 36.4 Å². The number of carbonyl (C=O) groups excluding carboxylic acids is 1. The normalized spacial score (nSPS) is 10.5. The summed E-state index contributed by atoms with van der Waals surface area (Å²) in [7, 11) is 0. The standard InChI is InChI=1S/C17H16ClN5O2S/c1-12(24)19-13-5-4-6-14(11-13)23-17(20-21-22-23)26-10-9-25-16-8-3-2-7-15(16)18/h2-8,11H,9-10H2,1H3,(H,19,24). The molecule has 1 heterocycles. The number of hydrogen-bond donors (Lipinski definition) is 1. The van der Waals surface area contributed by atoms with E-state index in [9.17, 15) is 4.79 Å². The molecule has 0 saturated carbocycles. The maximum absolute atomic E-state index is 11.2. The minimum Gasteiger partial charge on any atom is -0.491 e. The Balaban J connectivity index is 1.62. The Hall–Kier alpha value is -2.58. The Morgan fingerprint density at radius 1 is 1.27 bits per heavy atom. The molecule has 0 unspecified atom stereocenters. The van der Waals surface area contributed by atoms with Gasteiger partial charge < -0.3 is 10.1 Å². The number of rotatable bonds is 7. The minimum absolute atomic E-state index is 0.134. The second-order valence-corrected chi connectivity index (χ2v) is 6.70. The molecular weight excluding hydrogens is 374 g/mol. The van der Waals surface area contributed by atoms with Crippen LogP contribution in [0, 0.1) is 0 Å². The first-order chi connectivity index (χ1) is 12.6. The van der Waals surface area contributed by atoms with E-state index in [4.69, 9.17) is 16.3 Å². The van der Waals surface area contributed by atoms with E-state index in [1.54, 1.807) is 16.8 Å². The molecule has 2 aromatic carbocycles. The fourth-order valence-corrected chi connectivity index (χ4v) is 3.09. The van der Waals surface area contributed by atoms with Crippen LogP contribution in [-0.4, -0.2) is 38.5 Å². The van der Waals surface area contributed by atoms with Crippen LogP contribution in [0.25, 0.3) is 5.69 Å². The number of tetrazole rings is 1. The van der Waals surface area contributed by atoms with Crippen LogP contribution in [-0.2, 0) is 4.79 Å². The van der Waals surface area contributed by atoms with Gasteiger partial charge in [-0.3, -0.25) is 4.79 Å². The number of hydrogen-bond acceptors (Lipinski definition) is 6. The summed E-state index contributed by atoms with van der Waals surface area (Å²) in [5, 5.41) is 15.7. The van der Waals surface area contributed by atoms with Crippen molar-refractivity contribution in [3.63, 3.8) is 0 Å². The molecular formula is C17H16ClN5O2S. The predicted octanol–water partition coefficient (Wildman–Crippen LogP) is 3.45. The van der Waals surface area contributed by atoms with Crippen LogP contribution in [0.5, 0.6) is 5.75 Å². The third kappa shape index (κ3) is 4.74. The number of thioether (sulfide) groups is 1. The van der Waals surface area contributed by atoms with Crippen LogP contribution in [0.4, 0.5) is 5.69 Å². The molecule has 1 N–H and O–H groups in total. The number of benzene rings is 2. The number of nitrogens with zero attached hydrogens (tertiary/aromatic N) is 4. The van der Waals surface area contributed by atoms with Gasteiger partial charge in [-0.25, -0.2) is 0 Å². The highest BCUT2D eigenvalue weighted by atomic mass is 35.5. The summed E-state index contributed by atoms with van der Waals surface area (Å²) >= 11 is 7.53. The number of anilines is 1. The van der Waals surface area contributed by atoms with E-state index in [2.05, 4.69) is 20.8 Å². The van der Waals surface area contributed by atoms with Gasteiger partial charge in [0.15, 0.2) is 0 Å². The first-order valence-electron chi connectivity index (χ1n) is 7.80. The molecule has 0 bridgehead atoms. The summed E-state index contributed by atoms with van der Waals surface area (Å²) in [6, 6.07) is 14.6. The zero-order valence-corrected chi connectivity index (χ0v) is 15.5. The number of ether oxygens (including phenoxy) is 1. The van der Waals surface area contributed by atoms with Gasteiger partial charge in [-0.05, 0) is 40.8 Å². The second kappa shape index (κ2) is 8.68. The Morgan fingerprint density at radius 3 is 2.92 bits per heavy atom. The molecule has 134 valence electrons. The minimum atomic E-state index is -0.134. The van der Waals surface area contributed by atoms with Crippen LogP contribution in [0.3, 0.4) is 0 Å². The van der Waals surface area contributed by atoms with Crippen LogP contribution in [0.15, 0.2) is 53.7 Å². The number of nitrogens with one attached hydrogen (secondary N) is 1. The molecule has 1 amide bonds. The van der Waals surface area contributed by atoms with Gasteiger partial charge in [0.2, 0.25) is 11.1 Å². The van der Waals surface area contributed by atoms with E-state index < -0.39 is 0 Å². The first kappa shape index (κ1) is 18.2. The largest absolute Gasteiger partial charge is 0.491 e. The van der Waals surface area contributed by atoms with Crippen LogP contribution >= 0.6 is 23.4 Å². The van der Waals surface area contributed by atoms with Crippen LogP contribution in [0.2, 0.25) is 5.02 Å². The molecule has 0 saturated heterocycles. The molecule has 3 aromatic rings. The maximum Gasteiger partial charge on any atom is 0.221 e. The molecule has 3 rings (SSSR count). The zero-order valence-electron chi connectivity index (χ0n) is 13.9. The smallest absolute Gasteiger partial charge is 0.221 e. The number of amides is 1. The van der Waals surface area contributed by atoms with E-state index >= 15 is 0 Å². The van der Waals surface area contributed by atoms with Crippen molar-refractivity contribution in [2.24, 2.45) is 0 Å². The number of carbonyl (C=O) groups is 1. The highest BCUT2D eigenvalue weighted by molar-refractivity contribution is 7.99. The van der Waals surface area contributed by atoms with Crippen molar-refractivity contribution in [1.29, 1.82) is 0 Å². The predicted molar refractivity (Wildman–Crippen MR) is 101 cm³/mol. The van der Waals surface area contributed by atoms with E-state index in [0.717, 1.165) is 5.69 Å². The summed E-state index contributed by atoms with van der Waals surface area (Å²) in [6.07, 6.45) is 0. The highest BCUT2D eigenvalue weighted by Gasteiger charge is 2.10. The molecule has 0 aliphatic heterocycles. The maximum atomic E-state index is 11.2. The van der Waals surface area contributed by atoms with Crippen molar-refractivity contribution >= 4 is 35.0 Å². The monoisotopic (exact) mass is 389 g/mol. The Morgan fingerprint density at radius 2 is 2.12 bits per heavy atom. The molecule has 7 nitrogen and oxygen atoms in total. The topological polar surface area (TPSA) is 81.9 Å². The number of halogens is 1. The fourth-order valence-electron chi connectivity index (χ4n) is 2.20. The van der Waals surface area contributed by atoms with Gasteiger partial charge in [-0.2, -0.15) is 4.68 Å². The van der Waals surface area contributed by atoms with Crippen molar-refractivity contribution in [1.82, 2.24) is 20.2 Å². The van der Waals surface area contributed by atoms with Gasteiger partial charge in [-0.15, -0.1) is 5.10 Å². The van der Waals surface area contributed by atoms with E-state index in [1.165, 1.54) is 18.7 Å². The average Bonchev–Trinajstić information content (AvgIpc) is 3.08. The van der Waals surface area contributed by atoms with Gasteiger partial charge in [0.25, 0.3) is 0 Å². The van der Waals surface area contributed by atoms with Gasteiger partial charge in [-0.1, -0.05) is 41.6 Å². The molecule has 0 fully saturated rings. The summed E-state index contributed by atoms with van der Waals surface area (Å²) in [5.41, 5.74) is 1.44. The Labute approximate surface area is 159 Å². The second-order valence-electron chi connectivity index (χ2n) is 5.23. The molecule has 9 heteroatoms. The van der Waals surface area contributed by atoms with Crippen LogP contribution < -0.4 is 10.1 Å². The molecule has 26 heavy (non-hydrogen) atoms. The van der Waals surface area contributed by atoms with Crippen LogP contribution in [0.1, 0.15) is 6.92 Å². The van der Waals surface area contributed by atoms with Gasteiger partial charge >= 0.3 is 0 Å². The van der Waals surface area contributed by atoms with E-state index in [-0.39, 0.29) is 5.91 Å². The van der Waals surface area contributed by atoms with Crippen molar-refractivity contribution in [3.8, 4) is 11.4 Å². The van der Waals surface area contributed by atoms with Gasteiger partial charge in [0.1, 0.15) is 5.75 Å². The lowest BCUT2D eigenvalue weighted by molar-refractivity contribution is -0.114. The summed E-state index contributed by atoms with van der Waals surface area (Å²) in [4.78, 5) is 11.2. The highest BCUT2D eigenvalue weighted by Crippen LogP contribution is 2.24. The molecule has 0 radical (unpaired) electrons.